The van der Waals surface area contributed by atoms with Crippen LogP contribution in [0.15, 0.2) is 42.7 Å². The Balaban J connectivity index is 1.71. The third kappa shape index (κ3) is 6.66. The van der Waals surface area contributed by atoms with E-state index in [1.54, 1.807) is 37.8 Å². The predicted octanol–water partition coefficient (Wildman–Crippen LogP) is 3.12. The second kappa shape index (κ2) is 8.32. The van der Waals surface area contributed by atoms with Crippen molar-refractivity contribution in [3.05, 3.63) is 42.7 Å². The molecule has 1 heterocycles. The lowest BCUT2D eigenvalue weighted by atomic mass is 10.2. The van der Waals surface area contributed by atoms with Gasteiger partial charge in [-0.3, -0.25) is 4.79 Å². The van der Waals surface area contributed by atoms with E-state index in [4.69, 9.17) is 4.74 Å². The zero-order chi connectivity index (χ0) is 18.3. The van der Waals surface area contributed by atoms with Gasteiger partial charge in [-0.2, -0.15) is 5.10 Å². The van der Waals surface area contributed by atoms with Crippen molar-refractivity contribution in [3.63, 3.8) is 0 Å². The monoisotopic (exact) mass is 344 g/mol. The van der Waals surface area contributed by atoms with Crippen LogP contribution in [0, 0.1) is 0 Å². The summed E-state index contributed by atoms with van der Waals surface area (Å²) in [5.41, 5.74) is 1.03. The van der Waals surface area contributed by atoms with E-state index in [9.17, 15) is 9.59 Å². The number of carbonyl (C=O) groups is 2. The molecule has 0 unspecified atom stereocenters. The fraction of sp³-hybridized carbons (Fsp3) is 0.389. The van der Waals surface area contributed by atoms with Crippen LogP contribution in [0.3, 0.4) is 0 Å². The summed E-state index contributed by atoms with van der Waals surface area (Å²) < 4.78 is 6.82. The summed E-state index contributed by atoms with van der Waals surface area (Å²) in [6.07, 6.45) is 3.71. The van der Waals surface area contributed by atoms with Crippen LogP contribution < -0.4 is 10.6 Å². The van der Waals surface area contributed by atoms with E-state index in [1.165, 1.54) is 0 Å². The first-order valence-electron chi connectivity index (χ1n) is 8.20. The number of nitrogens with zero attached hydrogens (tertiary/aromatic N) is 2. The Kier molecular flexibility index (Phi) is 6.16. The third-order valence-electron chi connectivity index (χ3n) is 3.14. The average Bonchev–Trinajstić information content (AvgIpc) is 2.99. The molecular formula is C18H24N4O3. The number of anilines is 1. The molecule has 1 aromatic carbocycles. The minimum Gasteiger partial charge on any atom is -0.444 e. The van der Waals surface area contributed by atoms with Gasteiger partial charge in [0.2, 0.25) is 5.91 Å². The predicted molar refractivity (Wildman–Crippen MR) is 95.7 cm³/mol. The number of benzene rings is 1. The second-order valence-corrected chi connectivity index (χ2v) is 6.59. The van der Waals surface area contributed by atoms with Crippen molar-refractivity contribution in [2.45, 2.75) is 39.2 Å². The molecule has 2 amide bonds. The number of amides is 2. The summed E-state index contributed by atoms with van der Waals surface area (Å²) >= 11 is 0. The van der Waals surface area contributed by atoms with Gasteiger partial charge in [-0.1, -0.05) is 18.2 Å². The third-order valence-corrected chi connectivity index (χ3v) is 3.14. The van der Waals surface area contributed by atoms with E-state index >= 15 is 0 Å². The molecule has 0 aliphatic rings. The van der Waals surface area contributed by atoms with Crippen LogP contribution in [-0.4, -0.2) is 33.9 Å². The van der Waals surface area contributed by atoms with E-state index < -0.39 is 11.7 Å². The molecule has 7 nitrogen and oxygen atoms in total. The highest BCUT2D eigenvalue weighted by Gasteiger charge is 2.15. The Morgan fingerprint density at radius 2 is 1.92 bits per heavy atom. The summed E-state index contributed by atoms with van der Waals surface area (Å²) in [4.78, 5) is 23.4. The second-order valence-electron chi connectivity index (χ2n) is 6.59. The number of aromatic nitrogens is 2. The molecule has 134 valence electrons. The molecule has 2 N–H and O–H groups in total. The lowest BCUT2D eigenvalue weighted by molar-refractivity contribution is -0.116. The Morgan fingerprint density at radius 1 is 1.20 bits per heavy atom. The molecule has 2 rings (SSSR count). The normalized spacial score (nSPS) is 11.0. The van der Waals surface area contributed by atoms with Crippen LogP contribution in [0.1, 0.15) is 33.6 Å². The lowest BCUT2D eigenvalue weighted by Crippen LogP contribution is -2.33. The lowest BCUT2D eigenvalue weighted by Gasteiger charge is -2.19. The maximum Gasteiger partial charge on any atom is 0.407 e. The van der Waals surface area contributed by atoms with Crippen molar-refractivity contribution in [2.24, 2.45) is 0 Å². The maximum atomic E-state index is 11.9. The van der Waals surface area contributed by atoms with E-state index in [-0.39, 0.29) is 5.91 Å². The van der Waals surface area contributed by atoms with Gasteiger partial charge in [0.05, 0.1) is 23.8 Å². The molecule has 0 aliphatic heterocycles. The summed E-state index contributed by atoms with van der Waals surface area (Å²) in [7, 11) is 0. The fourth-order valence-corrected chi connectivity index (χ4v) is 2.09. The number of carbonyl (C=O) groups excluding carboxylic acids is 2. The van der Waals surface area contributed by atoms with Crippen LogP contribution >= 0.6 is 0 Å². The van der Waals surface area contributed by atoms with Gasteiger partial charge in [-0.15, -0.1) is 0 Å². The van der Waals surface area contributed by atoms with Crippen LogP contribution in [-0.2, 0) is 9.53 Å². The van der Waals surface area contributed by atoms with Gasteiger partial charge in [0.15, 0.2) is 0 Å². The maximum absolute atomic E-state index is 11.9. The Hall–Kier alpha value is -2.83. The van der Waals surface area contributed by atoms with Crippen molar-refractivity contribution >= 4 is 17.7 Å². The molecule has 0 spiro atoms. The molecule has 7 heteroatoms. The molecule has 0 bridgehead atoms. The summed E-state index contributed by atoms with van der Waals surface area (Å²) in [5.74, 6) is -0.126. The molecular weight excluding hydrogens is 320 g/mol. The molecule has 0 saturated carbocycles. The number of para-hydroxylation sites is 1. The van der Waals surface area contributed by atoms with E-state index in [1.807, 2.05) is 30.3 Å². The molecule has 2 aromatic rings. The minimum absolute atomic E-state index is 0.126. The summed E-state index contributed by atoms with van der Waals surface area (Å²) in [6, 6.07) is 9.64. The van der Waals surface area contributed by atoms with Gasteiger partial charge in [-0.25, -0.2) is 9.48 Å². The highest BCUT2D eigenvalue weighted by Crippen LogP contribution is 2.11. The van der Waals surface area contributed by atoms with Gasteiger partial charge in [0.25, 0.3) is 0 Å². The number of hydrogen-bond acceptors (Lipinski definition) is 4. The van der Waals surface area contributed by atoms with Crippen LogP contribution in [0.2, 0.25) is 0 Å². The SMILES string of the molecule is CC(C)(C)OC(=O)NCCCC(=O)Nc1cnn(-c2ccccc2)c1. The van der Waals surface area contributed by atoms with Gasteiger partial charge < -0.3 is 15.4 Å². The van der Waals surface area contributed by atoms with Crippen molar-refractivity contribution in [2.75, 3.05) is 11.9 Å². The summed E-state index contributed by atoms with van der Waals surface area (Å²) in [6.45, 7) is 5.78. The molecule has 0 fully saturated rings. The highest BCUT2D eigenvalue weighted by atomic mass is 16.6. The molecule has 0 radical (unpaired) electrons. The minimum atomic E-state index is -0.527. The van der Waals surface area contributed by atoms with Crippen LogP contribution in [0.25, 0.3) is 5.69 Å². The van der Waals surface area contributed by atoms with Gasteiger partial charge in [0, 0.05) is 13.0 Å². The first-order chi connectivity index (χ1) is 11.8. The largest absolute Gasteiger partial charge is 0.444 e. The van der Waals surface area contributed by atoms with Crippen molar-refractivity contribution < 1.29 is 14.3 Å². The van der Waals surface area contributed by atoms with Crippen molar-refractivity contribution in [3.8, 4) is 5.69 Å². The quantitative estimate of drug-likeness (QED) is 0.789. The molecule has 1 aromatic heterocycles. The number of rotatable bonds is 6. The zero-order valence-corrected chi connectivity index (χ0v) is 14.8. The Morgan fingerprint density at radius 3 is 2.60 bits per heavy atom. The number of alkyl carbamates (subject to hydrolysis) is 1. The zero-order valence-electron chi connectivity index (χ0n) is 14.8. The average molecular weight is 344 g/mol. The number of hydrogen-bond donors (Lipinski definition) is 2. The molecule has 0 aliphatic carbocycles. The van der Waals surface area contributed by atoms with Crippen LogP contribution in [0.5, 0.6) is 0 Å². The molecule has 0 atom stereocenters. The smallest absolute Gasteiger partial charge is 0.407 e. The van der Waals surface area contributed by atoms with Gasteiger partial charge in [-0.05, 0) is 39.3 Å². The van der Waals surface area contributed by atoms with E-state index in [0.29, 0.717) is 25.1 Å². The summed E-state index contributed by atoms with van der Waals surface area (Å²) in [5, 5.41) is 9.64. The van der Waals surface area contributed by atoms with E-state index in [2.05, 4.69) is 15.7 Å². The van der Waals surface area contributed by atoms with E-state index in [0.717, 1.165) is 5.69 Å². The molecule has 0 saturated heterocycles. The first kappa shape index (κ1) is 18.5. The van der Waals surface area contributed by atoms with Gasteiger partial charge >= 0.3 is 6.09 Å². The fourth-order valence-electron chi connectivity index (χ4n) is 2.09. The Bertz CT molecular complexity index is 705. The number of nitrogens with one attached hydrogen (secondary N) is 2. The van der Waals surface area contributed by atoms with Crippen molar-refractivity contribution in [1.82, 2.24) is 15.1 Å². The van der Waals surface area contributed by atoms with Crippen molar-refractivity contribution in [1.29, 1.82) is 0 Å². The number of ether oxygens (including phenoxy) is 1. The highest BCUT2D eigenvalue weighted by molar-refractivity contribution is 5.90. The Labute approximate surface area is 147 Å². The first-order valence-corrected chi connectivity index (χ1v) is 8.20. The van der Waals surface area contributed by atoms with Crippen LogP contribution in [0.4, 0.5) is 10.5 Å². The topological polar surface area (TPSA) is 85.2 Å². The van der Waals surface area contributed by atoms with Gasteiger partial charge in [0.1, 0.15) is 5.60 Å². The molecule has 25 heavy (non-hydrogen) atoms. The standard InChI is InChI=1S/C18H24N4O3/c1-18(2,3)25-17(24)19-11-7-10-16(23)21-14-12-20-22(13-14)15-8-5-4-6-9-15/h4-6,8-9,12-13H,7,10-11H2,1-3H3,(H,19,24)(H,21,23).